The summed E-state index contributed by atoms with van der Waals surface area (Å²) in [6.07, 6.45) is 0.0512. The first kappa shape index (κ1) is 20.9. The number of benzene rings is 2. The quantitative estimate of drug-likeness (QED) is 0.708. The fraction of sp³-hybridized carbons (Fsp3) is 0.381. The van der Waals surface area contributed by atoms with Crippen LogP contribution in [0.1, 0.15) is 37.9 Å². The summed E-state index contributed by atoms with van der Waals surface area (Å²) in [4.78, 5) is 12.2. The lowest BCUT2D eigenvalue weighted by atomic mass is 10.1. The Hall–Kier alpha value is -2.40. The predicted molar refractivity (Wildman–Crippen MR) is 107 cm³/mol. The number of rotatable bonds is 8. The average Bonchev–Trinajstić information content (AvgIpc) is 2.60. The molecule has 0 radical (unpaired) electrons. The Morgan fingerprint density at radius 2 is 1.78 bits per heavy atom. The molecule has 1 atom stereocenters. The number of nitrogens with one attached hydrogen (secondary N) is 1. The third kappa shape index (κ3) is 6.07. The first-order chi connectivity index (χ1) is 12.8. The zero-order valence-corrected chi connectivity index (χ0v) is 17.1. The van der Waals surface area contributed by atoms with Gasteiger partial charge in [-0.2, -0.15) is 0 Å². The summed E-state index contributed by atoms with van der Waals surface area (Å²) < 4.78 is 16.7. The van der Waals surface area contributed by atoms with Gasteiger partial charge in [-0.1, -0.05) is 17.7 Å². The Balaban J connectivity index is 1.97. The summed E-state index contributed by atoms with van der Waals surface area (Å²) in [5.41, 5.74) is 1.80. The topological polar surface area (TPSA) is 56.8 Å². The fourth-order valence-electron chi connectivity index (χ4n) is 2.59. The van der Waals surface area contributed by atoms with E-state index >= 15 is 0 Å². The van der Waals surface area contributed by atoms with E-state index < -0.39 is 0 Å². The van der Waals surface area contributed by atoms with Gasteiger partial charge >= 0.3 is 0 Å². The smallest absolute Gasteiger partial charge is 0.258 e. The van der Waals surface area contributed by atoms with Crippen LogP contribution >= 0.6 is 11.6 Å². The molecule has 0 aliphatic heterocycles. The molecular weight excluding hydrogens is 366 g/mol. The fourth-order valence-corrected chi connectivity index (χ4v) is 2.82. The largest absolute Gasteiger partial charge is 0.493 e. The first-order valence-electron chi connectivity index (χ1n) is 8.83. The van der Waals surface area contributed by atoms with Gasteiger partial charge in [-0.25, -0.2) is 0 Å². The van der Waals surface area contributed by atoms with Crippen LogP contribution in [0.2, 0.25) is 5.02 Å². The Morgan fingerprint density at radius 3 is 2.41 bits per heavy atom. The monoisotopic (exact) mass is 391 g/mol. The highest BCUT2D eigenvalue weighted by molar-refractivity contribution is 6.30. The number of ether oxygens (including phenoxy) is 3. The van der Waals surface area contributed by atoms with Crippen molar-refractivity contribution < 1.29 is 19.0 Å². The van der Waals surface area contributed by atoms with Gasteiger partial charge in [-0.05, 0) is 69.2 Å². The van der Waals surface area contributed by atoms with E-state index in [1.54, 1.807) is 25.3 Å². The van der Waals surface area contributed by atoms with Crippen molar-refractivity contribution in [3.05, 3.63) is 52.5 Å². The van der Waals surface area contributed by atoms with Crippen molar-refractivity contribution in [3.8, 4) is 17.2 Å². The summed E-state index contributed by atoms with van der Waals surface area (Å²) in [7, 11) is 1.60. The van der Waals surface area contributed by atoms with Crippen LogP contribution in [0.3, 0.4) is 0 Å². The molecule has 0 aliphatic rings. The van der Waals surface area contributed by atoms with E-state index in [-0.39, 0.29) is 24.7 Å². The number of hydrogen-bond acceptors (Lipinski definition) is 4. The van der Waals surface area contributed by atoms with Gasteiger partial charge in [-0.3, -0.25) is 4.79 Å². The summed E-state index contributed by atoms with van der Waals surface area (Å²) in [5, 5.41) is 3.56. The molecule has 2 rings (SSSR count). The molecule has 2 aromatic carbocycles. The van der Waals surface area contributed by atoms with Crippen LogP contribution < -0.4 is 19.5 Å². The molecule has 0 bridgehead atoms. The summed E-state index contributed by atoms with van der Waals surface area (Å²) in [6.45, 7) is 7.63. The van der Waals surface area contributed by atoms with Gasteiger partial charge in [0.25, 0.3) is 5.91 Å². The maximum absolute atomic E-state index is 12.2. The number of hydrogen-bond donors (Lipinski definition) is 1. The number of amides is 1. The summed E-state index contributed by atoms with van der Waals surface area (Å²) in [5.74, 6) is 1.74. The molecule has 146 valence electrons. The van der Waals surface area contributed by atoms with Gasteiger partial charge in [0.1, 0.15) is 5.75 Å². The average molecular weight is 392 g/mol. The number of halogens is 1. The van der Waals surface area contributed by atoms with Crippen molar-refractivity contribution in [2.45, 2.75) is 39.8 Å². The van der Waals surface area contributed by atoms with Gasteiger partial charge < -0.3 is 19.5 Å². The van der Waals surface area contributed by atoms with Gasteiger partial charge in [-0.15, -0.1) is 0 Å². The zero-order valence-electron chi connectivity index (χ0n) is 16.3. The van der Waals surface area contributed by atoms with Crippen LogP contribution in [0.25, 0.3) is 0 Å². The molecule has 0 saturated carbocycles. The van der Waals surface area contributed by atoms with E-state index in [1.807, 2.05) is 45.9 Å². The van der Waals surface area contributed by atoms with Crippen molar-refractivity contribution >= 4 is 17.5 Å². The minimum atomic E-state index is -0.210. The third-order valence-corrected chi connectivity index (χ3v) is 4.16. The summed E-state index contributed by atoms with van der Waals surface area (Å²) >= 11 is 5.93. The molecule has 0 aromatic heterocycles. The minimum Gasteiger partial charge on any atom is -0.493 e. The van der Waals surface area contributed by atoms with E-state index in [0.29, 0.717) is 22.3 Å². The molecular formula is C21H26ClNO4. The van der Waals surface area contributed by atoms with Crippen molar-refractivity contribution in [1.29, 1.82) is 0 Å². The highest BCUT2D eigenvalue weighted by atomic mass is 35.5. The molecule has 1 unspecified atom stereocenters. The molecule has 1 N–H and O–H groups in total. The summed E-state index contributed by atoms with van der Waals surface area (Å²) in [6, 6.07) is 10.7. The zero-order chi connectivity index (χ0) is 20.0. The Morgan fingerprint density at radius 1 is 1.07 bits per heavy atom. The molecule has 1 amide bonds. The van der Waals surface area contributed by atoms with Crippen molar-refractivity contribution in [2.75, 3.05) is 13.7 Å². The van der Waals surface area contributed by atoms with Crippen LogP contribution in [0.5, 0.6) is 17.2 Å². The number of methoxy groups -OCH3 is 1. The Kier molecular flexibility index (Phi) is 7.36. The lowest BCUT2D eigenvalue weighted by molar-refractivity contribution is -0.123. The molecule has 6 heteroatoms. The lowest BCUT2D eigenvalue weighted by Crippen LogP contribution is -2.31. The van der Waals surface area contributed by atoms with E-state index in [2.05, 4.69) is 5.32 Å². The van der Waals surface area contributed by atoms with Crippen molar-refractivity contribution in [3.63, 3.8) is 0 Å². The molecule has 0 saturated heterocycles. The molecule has 27 heavy (non-hydrogen) atoms. The molecule has 2 aromatic rings. The SMILES string of the molecule is COc1cc(C(C)NC(=O)COc2ccc(Cl)cc2C)ccc1OC(C)C. The molecule has 0 fully saturated rings. The molecule has 0 spiro atoms. The van der Waals surface area contributed by atoms with Crippen molar-refractivity contribution in [1.82, 2.24) is 5.32 Å². The van der Waals surface area contributed by atoms with Crippen LogP contribution in [0, 0.1) is 6.92 Å². The van der Waals surface area contributed by atoms with E-state index in [1.165, 1.54) is 0 Å². The lowest BCUT2D eigenvalue weighted by Gasteiger charge is -2.18. The minimum absolute atomic E-state index is 0.0512. The molecule has 0 heterocycles. The van der Waals surface area contributed by atoms with Crippen LogP contribution in [0.15, 0.2) is 36.4 Å². The van der Waals surface area contributed by atoms with Gasteiger partial charge in [0.2, 0.25) is 0 Å². The maximum Gasteiger partial charge on any atom is 0.258 e. The first-order valence-corrected chi connectivity index (χ1v) is 9.21. The van der Waals surface area contributed by atoms with Crippen LogP contribution in [0.4, 0.5) is 0 Å². The van der Waals surface area contributed by atoms with Crippen molar-refractivity contribution in [2.24, 2.45) is 0 Å². The third-order valence-electron chi connectivity index (χ3n) is 3.92. The normalized spacial score (nSPS) is 11.8. The maximum atomic E-state index is 12.2. The molecule has 0 aliphatic carbocycles. The Bertz CT molecular complexity index is 792. The highest BCUT2D eigenvalue weighted by Gasteiger charge is 2.14. The molecule has 5 nitrogen and oxygen atoms in total. The van der Waals surface area contributed by atoms with E-state index in [0.717, 1.165) is 11.1 Å². The Labute approximate surface area is 165 Å². The van der Waals surface area contributed by atoms with Crippen LogP contribution in [-0.2, 0) is 4.79 Å². The second kappa shape index (κ2) is 9.51. The van der Waals surface area contributed by atoms with E-state index in [4.69, 9.17) is 25.8 Å². The number of aryl methyl sites for hydroxylation is 1. The highest BCUT2D eigenvalue weighted by Crippen LogP contribution is 2.31. The van der Waals surface area contributed by atoms with Gasteiger partial charge in [0.05, 0.1) is 19.3 Å². The second-order valence-electron chi connectivity index (χ2n) is 6.56. The predicted octanol–water partition coefficient (Wildman–Crippen LogP) is 4.70. The van der Waals surface area contributed by atoms with Crippen LogP contribution in [-0.4, -0.2) is 25.7 Å². The second-order valence-corrected chi connectivity index (χ2v) is 7.00. The number of carbonyl (C=O) groups excluding carboxylic acids is 1. The number of carbonyl (C=O) groups is 1. The van der Waals surface area contributed by atoms with E-state index in [9.17, 15) is 4.79 Å². The van der Waals surface area contributed by atoms with Gasteiger partial charge in [0, 0.05) is 5.02 Å². The standard InChI is InChI=1S/C21H26ClNO4/c1-13(2)27-19-8-6-16(11-20(19)25-5)15(4)23-21(24)12-26-18-9-7-17(22)10-14(18)3/h6-11,13,15H,12H2,1-5H3,(H,23,24). The van der Waals surface area contributed by atoms with Gasteiger partial charge in [0.15, 0.2) is 18.1 Å².